The molecule has 0 spiro atoms. The molecular formula is C25H36N2O2. The zero-order valence-electron chi connectivity index (χ0n) is 19.2. The van der Waals surface area contributed by atoms with Crippen LogP contribution in [0.3, 0.4) is 0 Å². The molecule has 2 heterocycles. The Bertz CT molecular complexity index is 900. The molecule has 0 saturated carbocycles. The molecule has 2 unspecified atom stereocenters. The largest absolute Gasteiger partial charge is 0.507 e. The summed E-state index contributed by atoms with van der Waals surface area (Å²) in [7, 11) is 0. The van der Waals surface area contributed by atoms with Gasteiger partial charge in [-0.15, -0.1) is 0 Å². The van der Waals surface area contributed by atoms with Gasteiger partial charge in [-0.25, -0.2) is 0 Å². The van der Waals surface area contributed by atoms with Crippen LogP contribution in [0.5, 0.6) is 11.5 Å². The summed E-state index contributed by atoms with van der Waals surface area (Å²) in [6.07, 6.45) is 1.75. The van der Waals surface area contributed by atoms with Crippen molar-refractivity contribution in [1.82, 2.24) is 10.3 Å². The minimum Gasteiger partial charge on any atom is -0.507 e. The first-order valence-electron chi connectivity index (χ1n) is 10.7. The van der Waals surface area contributed by atoms with E-state index in [1.807, 2.05) is 20.8 Å². The molecule has 4 nitrogen and oxygen atoms in total. The molecule has 2 N–H and O–H groups in total. The maximum atomic E-state index is 10.5. The van der Waals surface area contributed by atoms with E-state index in [9.17, 15) is 5.11 Å². The van der Waals surface area contributed by atoms with Gasteiger partial charge in [-0.2, -0.15) is 0 Å². The van der Waals surface area contributed by atoms with Crippen LogP contribution in [0, 0.1) is 40.5 Å². The number of pyridine rings is 1. The van der Waals surface area contributed by atoms with Crippen molar-refractivity contribution in [1.29, 1.82) is 0 Å². The lowest BCUT2D eigenvalue weighted by Crippen LogP contribution is -2.49. The standard InChI is InChI=1S/C25H36N2O2/c1-14(2)13-26-24(21-12-15(3)11-16(4)27-21)25(8)10-9-20-19(7)22(28)17(5)18(6)23(20)29-25/h11-12,14,24,26,28H,9-10,13H2,1-8H3. The molecule has 0 radical (unpaired) electrons. The molecule has 2 atom stereocenters. The van der Waals surface area contributed by atoms with Crippen molar-refractivity contribution in [2.45, 2.75) is 79.9 Å². The van der Waals surface area contributed by atoms with Gasteiger partial charge in [-0.05, 0) is 101 Å². The second-order valence-electron chi connectivity index (χ2n) is 9.39. The Morgan fingerprint density at radius 1 is 1.10 bits per heavy atom. The lowest BCUT2D eigenvalue weighted by atomic mass is 9.81. The molecule has 4 heteroatoms. The number of phenolic OH excluding ortho intramolecular Hbond substituents is 1. The van der Waals surface area contributed by atoms with Gasteiger partial charge in [0.1, 0.15) is 17.1 Å². The van der Waals surface area contributed by atoms with Crippen LogP contribution in [0.25, 0.3) is 0 Å². The molecule has 3 rings (SSSR count). The van der Waals surface area contributed by atoms with Crippen molar-refractivity contribution < 1.29 is 9.84 Å². The lowest BCUT2D eigenvalue weighted by Gasteiger charge is -2.43. The second kappa shape index (κ2) is 7.98. The molecular weight excluding hydrogens is 360 g/mol. The van der Waals surface area contributed by atoms with Crippen molar-refractivity contribution in [3.8, 4) is 11.5 Å². The van der Waals surface area contributed by atoms with E-state index in [-0.39, 0.29) is 6.04 Å². The maximum Gasteiger partial charge on any atom is 0.127 e. The number of aromatic hydroxyl groups is 1. The molecule has 1 aliphatic rings. The van der Waals surface area contributed by atoms with Gasteiger partial charge in [-0.3, -0.25) is 4.98 Å². The number of benzene rings is 1. The summed E-state index contributed by atoms with van der Waals surface area (Å²) in [6, 6.07) is 4.28. The molecule has 0 amide bonds. The van der Waals surface area contributed by atoms with Crippen molar-refractivity contribution in [2.24, 2.45) is 5.92 Å². The normalized spacial score (nSPS) is 19.8. The van der Waals surface area contributed by atoms with Crippen LogP contribution in [-0.4, -0.2) is 22.2 Å². The number of nitrogens with one attached hydrogen (secondary N) is 1. The molecule has 2 aromatic rings. The number of rotatable bonds is 5. The fourth-order valence-electron chi connectivity index (χ4n) is 4.48. The summed E-state index contributed by atoms with van der Waals surface area (Å²) in [5.41, 5.74) is 6.89. The summed E-state index contributed by atoms with van der Waals surface area (Å²) < 4.78 is 6.78. The van der Waals surface area contributed by atoms with E-state index in [0.717, 1.165) is 58.8 Å². The molecule has 0 fully saturated rings. The second-order valence-corrected chi connectivity index (χ2v) is 9.39. The van der Waals surface area contributed by atoms with E-state index in [1.165, 1.54) is 5.56 Å². The zero-order valence-corrected chi connectivity index (χ0v) is 19.2. The van der Waals surface area contributed by atoms with Gasteiger partial charge in [0.05, 0.1) is 11.7 Å². The first kappa shape index (κ1) is 21.6. The number of aromatic nitrogens is 1. The fourth-order valence-corrected chi connectivity index (χ4v) is 4.48. The third-order valence-electron chi connectivity index (χ3n) is 6.30. The Labute approximate surface area is 175 Å². The number of hydrogen-bond donors (Lipinski definition) is 2. The van der Waals surface area contributed by atoms with E-state index >= 15 is 0 Å². The summed E-state index contributed by atoms with van der Waals surface area (Å²) in [5, 5.41) is 14.2. The van der Waals surface area contributed by atoms with Crippen molar-refractivity contribution in [2.75, 3.05) is 6.54 Å². The highest BCUT2D eigenvalue weighted by Crippen LogP contribution is 2.46. The van der Waals surface area contributed by atoms with Crippen molar-refractivity contribution >= 4 is 0 Å². The first-order chi connectivity index (χ1) is 13.5. The highest BCUT2D eigenvalue weighted by molar-refractivity contribution is 5.58. The van der Waals surface area contributed by atoms with Gasteiger partial charge in [0.25, 0.3) is 0 Å². The van der Waals surface area contributed by atoms with Gasteiger partial charge in [0.2, 0.25) is 0 Å². The fraction of sp³-hybridized carbons (Fsp3) is 0.560. The van der Waals surface area contributed by atoms with Crippen LogP contribution in [0.1, 0.15) is 72.4 Å². The Kier molecular flexibility index (Phi) is 5.96. The summed E-state index contributed by atoms with van der Waals surface area (Å²) in [4.78, 5) is 4.88. The molecule has 0 bridgehead atoms. The summed E-state index contributed by atoms with van der Waals surface area (Å²) in [5.74, 6) is 1.87. The number of aryl methyl sites for hydroxylation is 2. The monoisotopic (exact) mass is 396 g/mol. The molecule has 1 aromatic carbocycles. The molecule has 1 aromatic heterocycles. The zero-order chi connectivity index (χ0) is 21.5. The van der Waals surface area contributed by atoms with Gasteiger partial charge >= 0.3 is 0 Å². The summed E-state index contributed by atoms with van der Waals surface area (Å²) in [6.45, 7) is 17.7. The third kappa shape index (κ3) is 4.13. The maximum absolute atomic E-state index is 10.5. The third-order valence-corrected chi connectivity index (χ3v) is 6.30. The first-order valence-corrected chi connectivity index (χ1v) is 10.7. The van der Waals surface area contributed by atoms with Crippen LogP contribution in [0.4, 0.5) is 0 Å². The Hall–Kier alpha value is -2.07. The van der Waals surface area contributed by atoms with Crippen LogP contribution < -0.4 is 10.1 Å². The van der Waals surface area contributed by atoms with E-state index in [2.05, 4.69) is 52.1 Å². The van der Waals surface area contributed by atoms with E-state index in [4.69, 9.17) is 9.72 Å². The van der Waals surface area contributed by atoms with Crippen LogP contribution in [-0.2, 0) is 6.42 Å². The Morgan fingerprint density at radius 2 is 1.79 bits per heavy atom. The minimum absolute atomic E-state index is 0.00883. The van der Waals surface area contributed by atoms with Crippen LogP contribution >= 0.6 is 0 Å². The van der Waals surface area contributed by atoms with E-state index in [1.54, 1.807) is 0 Å². The van der Waals surface area contributed by atoms with E-state index in [0.29, 0.717) is 11.7 Å². The van der Waals surface area contributed by atoms with Gasteiger partial charge < -0.3 is 15.2 Å². The predicted molar refractivity (Wildman–Crippen MR) is 119 cm³/mol. The van der Waals surface area contributed by atoms with Crippen molar-refractivity contribution in [3.05, 3.63) is 51.3 Å². The highest BCUT2D eigenvalue weighted by atomic mass is 16.5. The smallest absolute Gasteiger partial charge is 0.127 e. The van der Waals surface area contributed by atoms with Crippen LogP contribution in [0.15, 0.2) is 12.1 Å². The lowest BCUT2D eigenvalue weighted by molar-refractivity contribution is 0.0211. The summed E-state index contributed by atoms with van der Waals surface area (Å²) >= 11 is 0. The topological polar surface area (TPSA) is 54.4 Å². The average molecular weight is 397 g/mol. The van der Waals surface area contributed by atoms with Crippen molar-refractivity contribution in [3.63, 3.8) is 0 Å². The van der Waals surface area contributed by atoms with Gasteiger partial charge in [0, 0.05) is 11.3 Å². The highest BCUT2D eigenvalue weighted by Gasteiger charge is 2.42. The molecule has 1 aliphatic heterocycles. The quantitative estimate of drug-likeness (QED) is 0.710. The Balaban J connectivity index is 2.07. The van der Waals surface area contributed by atoms with E-state index < -0.39 is 5.60 Å². The predicted octanol–water partition coefficient (Wildman–Crippen LogP) is 5.40. The molecule has 29 heavy (non-hydrogen) atoms. The van der Waals surface area contributed by atoms with Crippen LogP contribution in [0.2, 0.25) is 0 Å². The Morgan fingerprint density at radius 3 is 2.41 bits per heavy atom. The number of nitrogens with zero attached hydrogens (tertiary/aromatic N) is 1. The molecule has 158 valence electrons. The average Bonchev–Trinajstić information content (AvgIpc) is 2.63. The molecule has 0 saturated heterocycles. The SMILES string of the molecule is Cc1cc(C)nc(C(NCC(C)C)C2(C)CCc3c(C)c(O)c(C)c(C)c3O2)c1. The number of hydrogen-bond acceptors (Lipinski definition) is 4. The minimum atomic E-state index is -0.421. The number of ether oxygens (including phenoxy) is 1. The molecule has 0 aliphatic carbocycles. The van der Waals surface area contributed by atoms with Gasteiger partial charge in [-0.1, -0.05) is 13.8 Å². The van der Waals surface area contributed by atoms with Gasteiger partial charge in [0.15, 0.2) is 0 Å². The number of fused-ring (bicyclic) bond motifs is 1. The number of phenols is 1.